The molecule has 2 amide bonds. The first-order chi connectivity index (χ1) is 10.5. The number of aldehydes is 1. The van der Waals surface area contributed by atoms with E-state index < -0.39 is 11.9 Å². The number of hydrogen-bond acceptors (Lipinski definition) is 4. The van der Waals surface area contributed by atoms with E-state index in [4.69, 9.17) is 4.74 Å². The van der Waals surface area contributed by atoms with Gasteiger partial charge in [0, 0.05) is 11.0 Å². The van der Waals surface area contributed by atoms with Gasteiger partial charge in [0.2, 0.25) is 5.91 Å². The van der Waals surface area contributed by atoms with Crippen LogP contribution in [-0.4, -0.2) is 37.3 Å². The largest absolute Gasteiger partial charge is 0.483 e. The summed E-state index contributed by atoms with van der Waals surface area (Å²) in [5, 5.41) is 5.22. The van der Waals surface area contributed by atoms with Crippen molar-refractivity contribution in [3.8, 4) is 5.75 Å². The lowest BCUT2D eigenvalue weighted by Crippen LogP contribution is -2.46. The minimum atomic E-state index is -0.641. The summed E-state index contributed by atoms with van der Waals surface area (Å²) >= 11 is 3.25. The fourth-order valence-corrected chi connectivity index (χ4v) is 2.01. The molecule has 1 rings (SSSR count). The maximum Gasteiger partial charge on any atom is 0.258 e. The molecule has 1 aromatic rings. The van der Waals surface area contributed by atoms with Crippen molar-refractivity contribution in [3.05, 3.63) is 28.2 Å². The summed E-state index contributed by atoms with van der Waals surface area (Å²) < 4.78 is 6.05. The molecule has 6 nitrogen and oxygen atoms in total. The van der Waals surface area contributed by atoms with Crippen LogP contribution in [0.4, 0.5) is 0 Å². The van der Waals surface area contributed by atoms with Crippen LogP contribution in [0.5, 0.6) is 5.75 Å². The van der Waals surface area contributed by atoms with Gasteiger partial charge < -0.3 is 15.4 Å². The fourth-order valence-electron chi connectivity index (χ4n) is 1.64. The topological polar surface area (TPSA) is 84.5 Å². The van der Waals surface area contributed by atoms with E-state index in [1.807, 2.05) is 6.92 Å². The molecule has 1 aromatic carbocycles. The Morgan fingerprint density at radius 1 is 1.41 bits per heavy atom. The molecular formula is C15H19BrN2O4. The molecule has 0 saturated carbocycles. The van der Waals surface area contributed by atoms with Gasteiger partial charge in [-0.1, -0.05) is 22.9 Å². The Morgan fingerprint density at radius 2 is 2.14 bits per heavy atom. The zero-order valence-corrected chi connectivity index (χ0v) is 14.1. The lowest BCUT2D eigenvalue weighted by molar-refractivity contribution is -0.129. The normalized spacial score (nSPS) is 11.4. The summed E-state index contributed by atoms with van der Waals surface area (Å²) in [6, 6.07) is 4.26. The molecule has 0 aliphatic heterocycles. The Bertz CT molecular complexity index is 548. The third-order valence-corrected chi connectivity index (χ3v) is 3.27. The third-order valence-electron chi connectivity index (χ3n) is 2.78. The summed E-state index contributed by atoms with van der Waals surface area (Å²) in [5.41, 5.74) is 0.343. The number of halogens is 1. The predicted molar refractivity (Wildman–Crippen MR) is 85.9 cm³/mol. The van der Waals surface area contributed by atoms with Crippen LogP contribution in [0, 0.1) is 0 Å². The number of ether oxygens (including phenoxy) is 1. The zero-order valence-electron chi connectivity index (χ0n) is 12.5. The van der Waals surface area contributed by atoms with Crippen molar-refractivity contribution >= 4 is 34.0 Å². The van der Waals surface area contributed by atoms with Gasteiger partial charge in [-0.3, -0.25) is 14.4 Å². The Balaban J connectivity index is 2.49. The molecule has 0 aliphatic carbocycles. The number of rotatable bonds is 8. The minimum Gasteiger partial charge on any atom is -0.483 e. The molecule has 0 aromatic heterocycles. The van der Waals surface area contributed by atoms with Crippen LogP contribution < -0.4 is 15.4 Å². The molecular weight excluding hydrogens is 352 g/mol. The molecule has 0 spiro atoms. The summed E-state index contributed by atoms with van der Waals surface area (Å²) in [6.07, 6.45) is 1.48. The van der Waals surface area contributed by atoms with E-state index in [2.05, 4.69) is 26.6 Å². The average Bonchev–Trinajstić information content (AvgIpc) is 2.50. The summed E-state index contributed by atoms with van der Waals surface area (Å²) in [6.45, 7) is 3.84. The fraction of sp³-hybridized carbons (Fsp3) is 0.400. The van der Waals surface area contributed by atoms with Crippen molar-refractivity contribution in [3.63, 3.8) is 0 Å². The predicted octanol–water partition coefficient (Wildman–Crippen LogP) is 1.67. The number of carbonyl (C=O) groups is 3. The minimum absolute atomic E-state index is 0.243. The smallest absolute Gasteiger partial charge is 0.258 e. The number of carbonyl (C=O) groups excluding carboxylic acids is 3. The first-order valence-electron chi connectivity index (χ1n) is 6.92. The summed E-state index contributed by atoms with van der Waals surface area (Å²) in [5.74, 6) is -0.359. The molecule has 120 valence electrons. The average molecular weight is 371 g/mol. The highest BCUT2D eigenvalue weighted by atomic mass is 79.9. The van der Waals surface area contributed by atoms with E-state index in [0.717, 1.165) is 10.9 Å². The molecule has 0 aliphatic rings. The molecule has 7 heteroatoms. The van der Waals surface area contributed by atoms with Crippen molar-refractivity contribution in [2.24, 2.45) is 0 Å². The Labute approximate surface area is 137 Å². The quantitative estimate of drug-likeness (QED) is 0.681. The maximum absolute atomic E-state index is 11.8. The Hall–Kier alpha value is -1.89. The first-order valence-corrected chi connectivity index (χ1v) is 7.71. The van der Waals surface area contributed by atoms with Gasteiger partial charge in [-0.2, -0.15) is 0 Å². The van der Waals surface area contributed by atoms with Crippen molar-refractivity contribution < 1.29 is 19.1 Å². The molecule has 0 radical (unpaired) electrons. The standard InChI is InChI=1S/C15H19BrN2O4/c1-3-6-17-15(21)10(2)18-14(20)9-22-13-5-4-12(16)7-11(13)8-19/h4-5,7-8,10H,3,6,9H2,1-2H3,(H,17,21)(H,18,20)/t10-/m1/s1. The molecule has 0 fully saturated rings. The monoisotopic (exact) mass is 370 g/mol. The van der Waals surface area contributed by atoms with Gasteiger partial charge in [-0.05, 0) is 31.5 Å². The van der Waals surface area contributed by atoms with Gasteiger partial charge in [0.15, 0.2) is 12.9 Å². The van der Waals surface area contributed by atoms with E-state index in [9.17, 15) is 14.4 Å². The van der Waals surface area contributed by atoms with Crippen LogP contribution in [0.1, 0.15) is 30.6 Å². The molecule has 22 heavy (non-hydrogen) atoms. The molecule has 0 heterocycles. The van der Waals surface area contributed by atoms with Crippen LogP contribution in [-0.2, 0) is 9.59 Å². The molecule has 0 unspecified atom stereocenters. The van der Waals surface area contributed by atoms with Gasteiger partial charge in [0.1, 0.15) is 11.8 Å². The Kier molecular flexibility index (Phi) is 7.59. The highest BCUT2D eigenvalue weighted by Crippen LogP contribution is 2.21. The van der Waals surface area contributed by atoms with Gasteiger partial charge in [0.25, 0.3) is 5.91 Å². The van der Waals surface area contributed by atoms with E-state index in [-0.39, 0.29) is 12.5 Å². The maximum atomic E-state index is 11.8. The number of amides is 2. The summed E-state index contributed by atoms with van der Waals surface area (Å²) in [4.78, 5) is 34.3. The van der Waals surface area contributed by atoms with Crippen molar-refractivity contribution in [2.75, 3.05) is 13.2 Å². The Morgan fingerprint density at radius 3 is 2.77 bits per heavy atom. The second-order valence-electron chi connectivity index (χ2n) is 4.67. The van der Waals surface area contributed by atoms with Gasteiger partial charge in [-0.25, -0.2) is 0 Å². The van der Waals surface area contributed by atoms with Gasteiger partial charge >= 0.3 is 0 Å². The third kappa shape index (κ3) is 5.85. The van der Waals surface area contributed by atoms with Crippen molar-refractivity contribution in [2.45, 2.75) is 26.3 Å². The highest BCUT2D eigenvalue weighted by molar-refractivity contribution is 9.10. The lowest BCUT2D eigenvalue weighted by Gasteiger charge is -2.14. The summed E-state index contributed by atoms with van der Waals surface area (Å²) in [7, 11) is 0. The zero-order chi connectivity index (χ0) is 16.5. The van der Waals surface area contributed by atoms with E-state index in [0.29, 0.717) is 24.1 Å². The van der Waals surface area contributed by atoms with Crippen LogP contribution in [0.15, 0.2) is 22.7 Å². The molecule has 0 bridgehead atoms. The second-order valence-corrected chi connectivity index (χ2v) is 5.58. The SMILES string of the molecule is CCCNC(=O)[C@@H](C)NC(=O)COc1ccc(Br)cc1C=O. The number of hydrogen-bond donors (Lipinski definition) is 2. The second kappa shape index (κ2) is 9.19. The molecule has 2 N–H and O–H groups in total. The first kappa shape index (κ1) is 18.2. The number of benzene rings is 1. The van der Waals surface area contributed by atoms with Crippen LogP contribution in [0.25, 0.3) is 0 Å². The van der Waals surface area contributed by atoms with Crippen LogP contribution >= 0.6 is 15.9 Å². The van der Waals surface area contributed by atoms with Crippen molar-refractivity contribution in [1.29, 1.82) is 0 Å². The van der Waals surface area contributed by atoms with Gasteiger partial charge in [-0.15, -0.1) is 0 Å². The number of nitrogens with one attached hydrogen (secondary N) is 2. The highest BCUT2D eigenvalue weighted by Gasteiger charge is 2.15. The van der Waals surface area contributed by atoms with Gasteiger partial charge in [0.05, 0.1) is 5.56 Å². The van der Waals surface area contributed by atoms with E-state index in [1.165, 1.54) is 0 Å². The van der Waals surface area contributed by atoms with Crippen LogP contribution in [0.3, 0.4) is 0 Å². The molecule has 0 saturated heterocycles. The van der Waals surface area contributed by atoms with Crippen LogP contribution in [0.2, 0.25) is 0 Å². The lowest BCUT2D eigenvalue weighted by atomic mass is 10.2. The van der Waals surface area contributed by atoms with E-state index in [1.54, 1.807) is 25.1 Å². The molecule has 1 atom stereocenters. The van der Waals surface area contributed by atoms with Crippen molar-refractivity contribution in [1.82, 2.24) is 10.6 Å². The van der Waals surface area contributed by atoms with E-state index >= 15 is 0 Å².